The first-order valence-electron chi connectivity index (χ1n) is 18.2. The topological polar surface area (TPSA) is 6.48 Å². The zero-order valence-corrected chi connectivity index (χ0v) is 30.7. The van der Waals surface area contributed by atoms with Gasteiger partial charge in [-0.1, -0.05) is 115 Å². The molecule has 1 aliphatic rings. The summed E-state index contributed by atoms with van der Waals surface area (Å²) in [6.45, 7) is 0.812. The van der Waals surface area contributed by atoms with Gasteiger partial charge in [0.05, 0.1) is 6.04 Å². The standard InChI is InChI=1S/C49H36N2S2/c1-4-14-35(15-5-1)40-20-10-12-22-45(40)50(33-34-24-28-47-43(30-34)41-21-11-13-23-46(41)52-47)38-25-27-42-44-31-39(26-29-48(44)53-49(42)32-38)51(36-16-6-2-7-17-36)37-18-8-3-9-19-37/h1-21,23-32,45H,22,33H2. The van der Waals surface area contributed by atoms with Crippen molar-refractivity contribution in [2.75, 3.05) is 9.80 Å². The van der Waals surface area contributed by atoms with Crippen LogP contribution in [0.4, 0.5) is 22.7 Å². The molecule has 0 amide bonds. The summed E-state index contributed by atoms with van der Waals surface area (Å²) in [5, 5.41) is 5.28. The van der Waals surface area contributed by atoms with Crippen molar-refractivity contribution in [3.05, 3.63) is 199 Å². The fraction of sp³-hybridized carbons (Fsp3) is 0.0612. The summed E-state index contributed by atoms with van der Waals surface area (Å²) in [4.78, 5) is 4.99. The summed E-state index contributed by atoms with van der Waals surface area (Å²) >= 11 is 3.77. The molecule has 1 atom stereocenters. The minimum atomic E-state index is 0.195. The lowest BCUT2D eigenvalue weighted by atomic mass is 9.90. The second-order valence-corrected chi connectivity index (χ2v) is 15.9. The normalized spacial score (nSPS) is 14.3. The van der Waals surface area contributed by atoms with Crippen LogP contribution in [0.2, 0.25) is 0 Å². The largest absolute Gasteiger partial charge is 0.360 e. The SMILES string of the molecule is C1=CCC(N(Cc2ccc3sc4ccccc4c3c2)c2ccc3c(c2)sc2ccc(N(c4ccccc4)c4ccccc4)cc23)C(c2ccccc2)=C1. The van der Waals surface area contributed by atoms with Gasteiger partial charge in [0.15, 0.2) is 0 Å². The van der Waals surface area contributed by atoms with Crippen LogP contribution < -0.4 is 9.80 Å². The Hall–Kier alpha value is -5.94. The van der Waals surface area contributed by atoms with Crippen molar-refractivity contribution in [1.29, 1.82) is 0 Å². The van der Waals surface area contributed by atoms with Gasteiger partial charge in [-0.2, -0.15) is 0 Å². The Morgan fingerprint density at radius 1 is 0.472 bits per heavy atom. The molecular weight excluding hydrogens is 681 g/mol. The Kier molecular flexibility index (Phi) is 8.13. The predicted octanol–water partition coefficient (Wildman–Crippen LogP) is 14.3. The first-order valence-corrected chi connectivity index (χ1v) is 19.9. The van der Waals surface area contributed by atoms with Crippen molar-refractivity contribution in [1.82, 2.24) is 0 Å². The number of rotatable bonds is 8. The number of hydrogen-bond donors (Lipinski definition) is 0. The van der Waals surface area contributed by atoms with Crippen LogP contribution in [0.15, 0.2) is 188 Å². The number of fused-ring (bicyclic) bond motifs is 6. The molecule has 0 saturated heterocycles. The van der Waals surface area contributed by atoms with E-state index in [0.717, 1.165) is 30.0 Å². The van der Waals surface area contributed by atoms with E-state index in [1.54, 1.807) is 0 Å². The second kappa shape index (κ2) is 13.6. The van der Waals surface area contributed by atoms with E-state index in [9.17, 15) is 0 Å². The monoisotopic (exact) mass is 716 g/mol. The van der Waals surface area contributed by atoms with Gasteiger partial charge in [0.2, 0.25) is 0 Å². The molecule has 2 heterocycles. The molecule has 10 rings (SSSR count). The average molecular weight is 717 g/mol. The van der Waals surface area contributed by atoms with E-state index < -0.39 is 0 Å². The summed E-state index contributed by atoms with van der Waals surface area (Å²) in [5.74, 6) is 0. The molecule has 0 saturated carbocycles. The number of anilines is 4. The fourth-order valence-corrected chi connectivity index (χ4v) is 10.2. The van der Waals surface area contributed by atoms with Gasteiger partial charge in [0.25, 0.3) is 0 Å². The van der Waals surface area contributed by atoms with E-state index in [-0.39, 0.29) is 6.04 Å². The Morgan fingerprint density at radius 3 is 1.85 bits per heavy atom. The van der Waals surface area contributed by atoms with Crippen molar-refractivity contribution in [3.8, 4) is 0 Å². The Morgan fingerprint density at radius 2 is 1.08 bits per heavy atom. The van der Waals surface area contributed by atoms with Crippen LogP contribution in [-0.2, 0) is 6.54 Å². The van der Waals surface area contributed by atoms with Crippen molar-refractivity contribution in [2.24, 2.45) is 0 Å². The van der Waals surface area contributed by atoms with Gasteiger partial charge in [0, 0.05) is 69.6 Å². The van der Waals surface area contributed by atoms with Gasteiger partial charge in [-0.05, 0) is 95.9 Å². The summed E-state index contributed by atoms with van der Waals surface area (Å²) in [6.07, 6.45) is 7.82. The number of hydrogen-bond acceptors (Lipinski definition) is 4. The van der Waals surface area contributed by atoms with Crippen LogP contribution in [0.25, 0.3) is 45.9 Å². The van der Waals surface area contributed by atoms with Crippen LogP contribution in [-0.4, -0.2) is 6.04 Å². The van der Waals surface area contributed by atoms with Gasteiger partial charge < -0.3 is 9.80 Å². The molecule has 0 radical (unpaired) electrons. The van der Waals surface area contributed by atoms with Crippen LogP contribution in [0.1, 0.15) is 17.5 Å². The molecule has 2 aromatic heterocycles. The van der Waals surface area contributed by atoms with Gasteiger partial charge >= 0.3 is 0 Å². The minimum absolute atomic E-state index is 0.195. The van der Waals surface area contributed by atoms with E-state index >= 15 is 0 Å². The molecule has 4 heteroatoms. The number of nitrogens with zero attached hydrogens (tertiary/aromatic N) is 2. The van der Waals surface area contributed by atoms with E-state index in [2.05, 4.69) is 198 Å². The maximum atomic E-state index is 2.64. The van der Waals surface area contributed by atoms with E-state index in [4.69, 9.17) is 0 Å². The molecule has 0 fully saturated rings. The molecule has 53 heavy (non-hydrogen) atoms. The van der Waals surface area contributed by atoms with E-state index in [1.807, 2.05) is 22.7 Å². The molecule has 2 nitrogen and oxygen atoms in total. The predicted molar refractivity (Wildman–Crippen MR) is 231 cm³/mol. The third-order valence-corrected chi connectivity index (χ3v) is 12.8. The number of thiophene rings is 2. The van der Waals surface area contributed by atoms with E-state index in [0.29, 0.717) is 0 Å². The molecule has 1 unspecified atom stereocenters. The molecule has 7 aromatic carbocycles. The molecule has 0 aliphatic heterocycles. The van der Waals surface area contributed by atoms with Crippen LogP contribution in [0, 0.1) is 0 Å². The molecule has 0 N–H and O–H groups in total. The highest BCUT2D eigenvalue weighted by atomic mass is 32.1. The lowest BCUT2D eigenvalue weighted by molar-refractivity contribution is 0.699. The van der Waals surface area contributed by atoms with Crippen molar-refractivity contribution < 1.29 is 0 Å². The van der Waals surface area contributed by atoms with Gasteiger partial charge in [-0.15, -0.1) is 22.7 Å². The van der Waals surface area contributed by atoms with Gasteiger partial charge in [-0.25, -0.2) is 0 Å². The highest BCUT2D eigenvalue weighted by Gasteiger charge is 2.26. The maximum Gasteiger partial charge on any atom is 0.0586 e. The first-order chi connectivity index (χ1) is 26.3. The average Bonchev–Trinajstić information content (AvgIpc) is 3.78. The Bertz CT molecular complexity index is 2760. The van der Waals surface area contributed by atoms with Crippen LogP contribution >= 0.6 is 22.7 Å². The summed E-state index contributed by atoms with van der Waals surface area (Å²) in [7, 11) is 0. The maximum absolute atomic E-state index is 2.64. The van der Waals surface area contributed by atoms with Crippen LogP contribution in [0.3, 0.4) is 0 Å². The molecule has 9 aromatic rings. The molecule has 0 spiro atoms. The minimum Gasteiger partial charge on any atom is -0.360 e. The number of para-hydroxylation sites is 2. The Labute approximate surface area is 317 Å². The van der Waals surface area contributed by atoms with Crippen molar-refractivity contribution in [2.45, 2.75) is 19.0 Å². The van der Waals surface area contributed by atoms with Crippen LogP contribution in [0.5, 0.6) is 0 Å². The smallest absolute Gasteiger partial charge is 0.0586 e. The highest BCUT2D eigenvalue weighted by molar-refractivity contribution is 7.26. The Balaban J connectivity index is 1.08. The third kappa shape index (κ3) is 5.90. The van der Waals surface area contributed by atoms with Gasteiger partial charge in [0.1, 0.15) is 0 Å². The number of allylic oxidation sites excluding steroid dienone is 2. The molecular formula is C49H36N2S2. The summed E-state index contributed by atoms with van der Waals surface area (Å²) in [6, 6.07) is 62.4. The van der Waals surface area contributed by atoms with Gasteiger partial charge in [-0.3, -0.25) is 0 Å². The zero-order chi connectivity index (χ0) is 35.1. The first kappa shape index (κ1) is 31.8. The molecule has 254 valence electrons. The summed E-state index contributed by atoms with van der Waals surface area (Å²) in [5.41, 5.74) is 8.66. The third-order valence-electron chi connectivity index (χ3n) is 10.5. The summed E-state index contributed by atoms with van der Waals surface area (Å²) < 4.78 is 5.30. The highest BCUT2D eigenvalue weighted by Crippen LogP contribution is 2.43. The van der Waals surface area contributed by atoms with Crippen molar-refractivity contribution >= 4 is 91.3 Å². The van der Waals surface area contributed by atoms with E-state index in [1.165, 1.54) is 62.7 Å². The fourth-order valence-electron chi connectivity index (χ4n) is 7.95. The second-order valence-electron chi connectivity index (χ2n) is 13.7. The number of benzene rings is 7. The lowest BCUT2D eigenvalue weighted by Crippen LogP contribution is -2.36. The molecule has 0 bridgehead atoms. The lowest BCUT2D eigenvalue weighted by Gasteiger charge is -2.36. The van der Waals surface area contributed by atoms with Crippen molar-refractivity contribution in [3.63, 3.8) is 0 Å². The quantitative estimate of drug-likeness (QED) is 0.154. The zero-order valence-electron chi connectivity index (χ0n) is 29.1. The molecule has 1 aliphatic carbocycles.